The zero-order chi connectivity index (χ0) is 13.8. The van der Waals surface area contributed by atoms with E-state index < -0.39 is 0 Å². The van der Waals surface area contributed by atoms with Crippen molar-refractivity contribution in [2.75, 3.05) is 5.73 Å². The van der Waals surface area contributed by atoms with Crippen molar-refractivity contribution in [1.82, 2.24) is 0 Å². The Balaban J connectivity index is 2.24. The number of anilines is 1. The van der Waals surface area contributed by atoms with Crippen LogP contribution >= 0.6 is 0 Å². The van der Waals surface area contributed by atoms with Crippen LogP contribution in [0.4, 0.5) is 5.69 Å². The third-order valence-electron chi connectivity index (χ3n) is 3.09. The average Bonchev–Trinajstić information content (AvgIpc) is 2.39. The van der Waals surface area contributed by atoms with Crippen LogP contribution in [0.2, 0.25) is 0 Å². The summed E-state index contributed by atoms with van der Waals surface area (Å²) in [5, 5.41) is 0. The Labute approximate surface area is 115 Å². The first-order chi connectivity index (χ1) is 9.10. The molecule has 0 aliphatic rings. The SMILES string of the molecule is CCc1ccc(-c2ccc(OC(C)C)cc2)cc1N. The molecule has 0 aliphatic carbocycles. The van der Waals surface area contributed by atoms with Gasteiger partial charge in [0.1, 0.15) is 5.75 Å². The van der Waals surface area contributed by atoms with Crippen molar-refractivity contribution in [2.45, 2.75) is 33.3 Å². The van der Waals surface area contributed by atoms with E-state index in [-0.39, 0.29) is 6.10 Å². The largest absolute Gasteiger partial charge is 0.491 e. The molecular weight excluding hydrogens is 234 g/mol. The van der Waals surface area contributed by atoms with Crippen molar-refractivity contribution in [2.24, 2.45) is 0 Å². The summed E-state index contributed by atoms with van der Waals surface area (Å²) in [4.78, 5) is 0. The number of nitrogens with two attached hydrogens (primary N) is 1. The molecular formula is C17H21NO. The fourth-order valence-corrected chi connectivity index (χ4v) is 2.09. The summed E-state index contributed by atoms with van der Waals surface area (Å²) in [6.45, 7) is 6.17. The van der Waals surface area contributed by atoms with E-state index in [1.165, 1.54) is 5.56 Å². The first-order valence-corrected chi connectivity index (χ1v) is 6.75. The number of ether oxygens (including phenoxy) is 1. The molecule has 0 heterocycles. The number of hydrogen-bond donors (Lipinski definition) is 1. The summed E-state index contributed by atoms with van der Waals surface area (Å²) in [7, 11) is 0. The van der Waals surface area contributed by atoms with Crippen LogP contribution in [-0.4, -0.2) is 6.10 Å². The second kappa shape index (κ2) is 5.79. The van der Waals surface area contributed by atoms with Gasteiger partial charge in [-0.1, -0.05) is 31.2 Å². The van der Waals surface area contributed by atoms with Gasteiger partial charge in [-0.15, -0.1) is 0 Å². The molecule has 2 N–H and O–H groups in total. The van der Waals surface area contributed by atoms with Crippen LogP contribution in [0.15, 0.2) is 42.5 Å². The molecule has 2 rings (SSSR count). The van der Waals surface area contributed by atoms with E-state index >= 15 is 0 Å². The third kappa shape index (κ3) is 3.28. The maximum atomic E-state index is 6.04. The van der Waals surface area contributed by atoms with E-state index in [1.54, 1.807) is 0 Å². The molecule has 0 radical (unpaired) electrons. The minimum absolute atomic E-state index is 0.199. The van der Waals surface area contributed by atoms with Gasteiger partial charge >= 0.3 is 0 Å². The molecule has 0 bridgehead atoms. The molecule has 2 heteroatoms. The molecule has 0 aromatic heterocycles. The number of benzene rings is 2. The lowest BCUT2D eigenvalue weighted by atomic mass is 10.0. The highest BCUT2D eigenvalue weighted by Gasteiger charge is 2.03. The Morgan fingerprint density at radius 3 is 2.16 bits per heavy atom. The summed E-state index contributed by atoms with van der Waals surface area (Å²) in [6.07, 6.45) is 1.16. The van der Waals surface area contributed by atoms with Crippen molar-refractivity contribution in [3.05, 3.63) is 48.0 Å². The lowest BCUT2D eigenvalue weighted by molar-refractivity contribution is 0.242. The van der Waals surface area contributed by atoms with Gasteiger partial charge in [-0.2, -0.15) is 0 Å². The Kier molecular flexibility index (Phi) is 4.10. The van der Waals surface area contributed by atoms with Gasteiger partial charge in [-0.25, -0.2) is 0 Å². The van der Waals surface area contributed by atoms with Crippen LogP contribution in [-0.2, 0) is 6.42 Å². The van der Waals surface area contributed by atoms with E-state index in [0.717, 1.165) is 29.0 Å². The molecule has 0 saturated heterocycles. The molecule has 0 aliphatic heterocycles. The van der Waals surface area contributed by atoms with Gasteiger partial charge in [0.25, 0.3) is 0 Å². The second-order valence-electron chi connectivity index (χ2n) is 4.96. The Morgan fingerprint density at radius 2 is 1.63 bits per heavy atom. The van der Waals surface area contributed by atoms with Crippen LogP contribution in [0.1, 0.15) is 26.3 Å². The van der Waals surface area contributed by atoms with Crippen LogP contribution in [0.3, 0.4) is 0 Å². The summed E-state index contributed by atoms with van der Waals surface area (Å²) in [5.74, 6) is 0.900. The predicted molar refractivity (Wildman–Crippen MR) is 81.4 cm³/mol. The van der Waals surface area contributed by atoms with Crippen molar-refractivity contribution in [1.29, 1.82) is 0 Å². The van der Waals surface area contributed by atoms with Crippen LogP contribution in [0.25, 0.3) is 11.1 Å². The standard InChI is InChI=1S/C17H21NO/c1-4-13-5-6-15(11-17(13)18)14-7-9-16(10-8-14)19-12(2)3/h5-12H,4,18H2,1-3H3. The Bertz CT molecular complexity index is 544. The Hall–Kier alpha value is -1.96. The molecule has 0 amide bonds. The minimum Gasteiger partial charge on any atom is -0.491 e. The highest BCUT2D eigenvalue weighted by Crippen LogP contribution is 2.26. The highest BCUT2D eigenvalue weighted by atomic mass is 16.5. The molecule has 0 atom stereocenters. The van der Waals surface area contributed by atoms with E-state index in [4.69, 9.17) is 10.5 Å². The van der Waals surface area contributed by atoms with E-state index in [1.807, 2.05) is 32.0 Å². The lowest BCUT2D eigenvalue weighted by Crippen LogP contribution is -2.05. The maximum absolute atomic E-state index is 6.04. The summed E-state index contributed by atoms with van der Waals surface area (Å²) >= 11 is 0. The Morgan fingerprint density at radius 1 is 1.00 bits per heavy atom. The average molecular weight is 255 g/mol. The van der Waals surface area contributed by atoms with Crippen LogP contribution < -0.4 is 10.5 Å². The fraction of sp³-hybridized carbons (Fsp3) is 0.294. The monoisotopic (exact) mass is 255 g/mol. The molecule has 19 heavy (non-hydrogen) atoms. The first-order valence-electron chi connectivity index (χ1n) is 6.75. The topological polar surface area (TPSA) is 35.2 Å². The van der Waals surface area contributed by atoms with Gasteiger partial charge in [0.2, 0.25) is 0 Å². The summed E-state index contributed by atoms with van der Waals surface area (Å²) < 4.78 is 5.64. The van der Waals surface area contributed by atoms with Gasteiger partial charge in [-0.05, 0) is 55.2 Å². The summed E-state index contributed by atoms with van der Waals surface area (Å²) in [6, 6.07) is 14.4. The van der Waals surface area contributed by atoms with Gasteiger partial charge in [0.15, 0.2) is 0 Å². The number of aryl methyl sites for hydroxylation is 1. The number of rotatable bonds is 4. The van der Waals surface area contributed by atoms with Crippen molar-refractivity contribution < 1.29 is 4.74 Å². The quantitative estimate of drug-likeness (QED) is 0.827. The van der Waals surface area contributed by atoms with Crippen molar-refractivity contribution in [3.63, 3.8) is 0 Å². The number of hydrogen-bond acceptors (Lipinski definition) is 2. The molecule has 0 saturated carbocycles. The molecule has 2 aromatic rings. The first kappa shape index (κ1) is 13.5. The van der Waals surface area contributed by atoms with Gasteiger partial charge in [-0.3, -0.25) is 0 Å². The van der Waals surface area contributed by atoms with Gasteiger partial charge in [0.05, 0.1) is 6.10 Å². The number of nitrogen functional groups attached to an aromatic ring is 1. The van der Waals surface area contributed by atoms with Crippen LogP contribution in [0.5, 0.6) is 5.75 Å². The van der Waals surface area contributed by atoms with Crippen LogP contribution in [0, 0.1) is 0 Å². The van der Waals surface area contributed by atoms with E-state index in [9.17, 15) is 0 Å². The normalized spacial score (nSPS) is 10.7. The maximum Gasteiger partial charge on any atom is 0.119 e. The molecule has 100 valence electrons. The van der Waals surface area contributed by atoms with Crippen molar-refractivity contribution in [3.8, 4) is 16.9 Å². The molecule has 0 fully saturated rings. The zero-order valence-corrected chi connectivity index (χ0v) is 11.8. The lowest BCUT2D eigenvalue weighted by Gasteiger charge is -2.11. The minimum atomic E-state index is 0.199. The van der Waals surface area contributed by atoms with E-state index in [2.05, 4.69) is 31.2 Å². The predicted octanol–water partition coefficient (Wildman–Crippen LogP) is 4.29. The van der Waals surface area contributed by atoms with Gasteiger partial charge in [0, 0.05) is 5.69 Å². The molecule has 2 nitrogen and oxygen atoms in total. The van der Waals surface area contributed by atoms with E-state index in [0.29, 0.717) is 0 Å². The zero-order valence-electron chi connectivity index (χ0n) is 11.8. The van der Waals surface area contributed by atoms with Gasteiger partial charge < -0.3 is 10.5 Å². The highest BCUT2D eigenvalue weighted by molar-refractivity contribution is 5.69. The molecule has 2 aromatic carbocycles. The third-order valence-corrected chi connectivity index (χ3v) is 3.09. The second-order valence-corrected chi connectivity index (χ2v) is 4.96. The molecule has 0 spiro atoms. The smallest absolute Gasteiger partial charge is 0.119 e. The summed E-state index contributed by atoms with van der Waals surface area (Å²) in [5.41, 5.74) is 10.4. The fourth-order valence-electron chi connectivity index (χ4n) is 2.09. The molecule has 0 unspecified atom stereocenters. The van der Waals surface area contributed by atoms with Crippen molar-refractivity contribution >= 4 is 5.69 Å².